The Morgan fingerprint density at radius 2 is 1.48 bits per heavy atom. The van der Waals surface area contributed by atoms with E-state index in [1.807, 2.05) is 54.6 Å². The molecular formula is C21H22N2O4. The topological polar surface area (TPSA) is 62.6 Å². The third-order valence-corrected chi connectivity index (χ3v) is 4.14. The summed E-state index contributed by atoms with van der Waals surface area (Å²) in [5.74, 6) is 1.22. The molecule has 0 atom stereocenters. The highest BCUT2D eigenvalue weighted by Gasteiger charge is 2.15. The van der Waals surface area contributed by atoms with Crippen LogP contribution in [0, 0.1) is 0 Å². The first-order valence-corrected chi connectivity index (χ1v) is 8.67. The quantitative estimate of drug-likeness (QED) is 0.595. The van der Waals surface area contributed by atoms with Crippen molar-refractivity contribution in [3.8, 4) is 34.0 Å². The van der Waals surface area contributed by atoms with Crippen molar-refractivity contribution in [1.29, 1.82) is 0 Å². The van der Waals surface area contributed by atoms with Gasteiger partial charge in [0.05, 0.1) is 32.2 Å². The highest BCUT2D eigenvalue weighted by Crippen LogP contribution is 2.28. The molecule has 0 spiro atoms. The molecule has 6 nitrogen and oxygen atoms in total. The maximum absolute atomic E-state index is 12.0. The van der Waals surface area contributed by atoms with Crippen LogP contribution in [0.4, 0.5) is 0 Å². The number of hydrogen-bond donors (Lipinski definition) is 0. The minimum absolute atomic E-state index is 0.0470. The zero-order valence-electron chi connectivity index (χ0n) is 15.6. The van der Waals surface area contributed by atoms with E-state index in [1.165, 1.54) is 0 Å². The van der Waals surface area contributed by atoms with Crippen LogP contribution in [-0.2, 0) is 16.1 Å². The van der Waals surface area contributed by atoms with Crippen molar-refractivity contribution < 1.29 is 19.0 Å². The maximum Gasteiger partial charge on any atom is 0.327 e. The Morgan fingerprint density at radius 1 is 0.926 bits per heavy atom. The van der Waals surface area contributed by atoms with Crippen molar-refractivity contribution in [3.05, 3.63) is 54.6 Å². The van der Waals surface area contributed by atoms with Crippen LogP contribution in [0.2, 0.25) is 0 Å². The highest BCUT2D eigenvalue weighted by molar-refractivity contribution is 5.73. The van der Waals surface area contributed by atoms with Crippen LogP contribution in [0.3, 0.4) is 0 Å². The molecule has 0 saturated carbocycles. The minimum atomic E-state index is -0.323. The number of esters is 1. The molecule has 3 rings (SSSR count). The normalized spacial score (nSPS) is 10.5. The van der Waals surface area contributed by atoms with Gasteiger partial charge in [-0.2, -0.15) is 5.10 Å². The third kappa shape index (κ3) is 4.28. The molecule has 140 valence electrons. The highest BCUT2D eigenvalue weighted by atomic mass is 16.5. The smallest absolute Gasteiger partial charge is 0.327 e. The fraction of sp³-hybridized carbons (Fsp3) is 0.238. The predicted octanol–water partition coefficient (Wildman–Crippen LogP) is 3.80. The lowest BCUT2D eigenvalue weighted by Crippen LogP contribution is -2.15. The van der Waals surface area contributed by atoms with E-state index in [-0.39, 0.29) is 12.5 Å². The summed E-state index contributed by atoms with van der Waals surface area (Å²) in [5, 5.41) is 4.62. The molecule has 0 unspecified atom stereocenters. The zero-order chi connectivity index (χ0) is 19.2. The molecule has 27 heavy (non-hydrogen) atoms. The molecule has 1 aromatic heterocycles. The number of nitrogens with zero attached hydrogens (tertiary/aromatic N) is 2. The SMILES string of the molecule is CCOC(=O)Cn1nc(-c2ccc(OC)cc2)cc1-c1ccc(OC)cc1. The summed E-state index contributed by atoms with van der Waals surface area (Å²) in [5.41, 5.74) is 3.48. The Morgan fingerprint density at radius 3 is 2.00 bits per heavy atom. The second kappa shape index (κ2) is 8.40. The van der Waals surface area contributed by atoms with E-state index >= 15 is 0 Å². The number of methoxy groups -OCH3 is 2. The Kier molecular flexibility index (Phi) is 5.76. The summed E-state index contributed by atoms with van der Waals surface area (Å²) in [4.78, 5) is 12.0. The zero-order valence-corrected chi connectivity index (χ0v) is 15.6. The van der Waals surface area contributed by atoms with E-state index in [4.69, 9.17) is 14.2 Å². The second-order valence-electron chi connectivity index (χ2n) is 5.83. The van der Waals surface area contributed by atoms with Crippen molar-refractivity contribution in [2.45, 2.75) is 13.5 Å². The number of carbonyl (C=O) groups is 1. The van der Waals surface area contributed by atoms with Crippen LogP contribution in [0.25, 0.3) is 22.5 Å². The number of ether oxygens (including phenoxy) is 3. The first-order valence-electron chi connectivity index (χ1n) is 8.67. The van der Waals surface area contributed by atoms with E-state index < -0.39 is 0 Å². The Balaban J connectivity index is 1.99. The van der Waals surface area contributed by atoms with E-state index in [9.17, 15) is 4.79 Å². The number of aromatic nitrogens is 2. The molecule has 0 fully saturated rings. The van der Waals surface area contributed by atoms with Gasteiger partial charge in [-0.25, -0.2) is 0 Å². The summed E-state index contributed by atoms with van der Waals surface area (Å²) in [7, 11) is 3.26. The van der Waals surface area contributed by atoms with Crippen molar-refractivity contribution in [2.24, 2.45) is 0 Å². The van der Waals surface area contributed by atoms with E-state index in [2.05, 4.69) is 5.10 Å². The monoisotopic (exact) mass is 366 g/mol. The predicted molar refractivity (Wildman–Crippen MR) is 103 cm³/mol. The van der Waals surface area contributed by atoms with Gasteiger partial charge in [-0.1, -0.05) is 0 Å². The molecule has 0 saturated heterocycles. The van der Waals surface area contributed by atoms with Gasteiger partial charge in [-0.05, 0) is 61.5 Å². The fourth-order valence-electron chi connectivity index (χ4n) is 2.76. The van der Waals surface area contributed by atoms with E-state index in [0.717, 1.165) is 34.0 Å². The first kappa shape index (κ1) is 18.5. The number of benzene rings is 2. The number of rotatable bonds is 7. The average Bonchev–Trinajstić information content (AvgIpc) is 3.12. The Labute approximate surface area is 158 Å². The van der Waals surface area contributed by atoms with E-state index in [1.54, 1.807) is 25.8 Å². The van der Waals surface area contributed by atoms with Gasteiger partial charge in [-0.15, -0.1) is 0 Å². The average molecular weight is 366 g/mol. The molecule has 3 aromatic rings. The number of carbonyl (C=O) groups excluding carboxylic acids is 1. The summed E-state index contributed by atoms with van der Waals surface area (Å²) >= 11 is 0. The second-order valence-corrected chi connectivity index (χ2v) is 5.83. The molecule has 0 radical (unpaired) electrons. The van der Waals surface area contributed by atoms with Gasteiger partial charge in [0.25, 0.3) is 0 Å². The van der Waals surface area contributed by atoms with Crippen LogP contribution >= 0.6 is 0 Å². The van der Waals surface area contributed by atoms with Gasteiger partial charge >= 0.3 is 5.97 Å². The summed E-state index contributed by atoms with van der Waals surface area (Å²) < 4.78 is 17.2. The molecule has 2 aromatic carbocycles. The van der Waals surface area contributed by atoms with Crippen molar-refractivity contribution in [3.63, 3.8) is 0 Å². The Hall–Kier alpha value is -3.28. The maximum atomic E-state index is 12.0. The summed E-state index contributed by atoms with van der Waals surface area (Å²) in [6, 6.07) is 17.2. The number of hydrogen-bond acceptors (Lipinski definition) is 5. The molecule has 6 heteroatoms. The standard InChI is InChI=1S/C21H22N2O4/c1-4-27-21(24)14-23-20(16-7-11-18(26-3)12-8-16)13-19(22-23)15-5-9-17(25-2)10-6-15/h5-13H,4,14H2,1-3H3. The van der Waals surface area contributed by atoms with Crippen molar-refractivity contribution in [2.75, 3.05) is 20.8 Å². The lowest BCUT2D eigenvalue weighted by molar-refractivity contribution is -0.144. The third-order valence-electron chi connectivity index (χ3n) is 4.14. The first-order chi connectivity index (χ1) is 13.1. The minimum Gasteiger partial charge on any atom is -0.497 e. The van der Waals surface area contributed by atoms with Gasteiger partial charge in [-0.3, -0.25) is 9.48 Å². The molecule has 0 N–H and O–H groups in total. The van der Waals surface area contributed by atoms with Crippen LogP contribution in [0.5, 0.6) is 11.5 Å². The van der Waals surface area contributed by atoms with Gasteiger partial charge in [0.1, 0.15) is 18.0 Å². The van der Waals surface area contributed by atoms with Gasteiger partial charge in [0.2, 0.25) is 0 Å². The fourth-order valence-corrected chi connectivity index (χ4v) is 2.76. The summed E-state index contributed by atoms with van der Waals surface area (Å²) in [6.45, 7) is 2.17. The van der Waals surface area contributed by atoms with Crippen LogP contribution < -0.4 is 9.47 Å². The van der Waals surface area contributed by atoms with Gasteiger partial charge in [0.15, 0.2) is 0 Å². The van der Waals surface area contributed by atoms with Crippen molar-refractivity contribution >= 4 is 5.97 Å². The molecule has 0 aliphatic rings. The van der Waals surface area contributed by atoms with E-state index in [0.29, 0.717) is 6.61 Å². The largest absolute Gasteiger partial charge is 0.497 e. The lowest BCUT2D eigenvalue weighted by atomic mass is 10.1. The van der Waals surface area contributed by atoms with Crippen LogP contribution in [0.15, 0.2) is 54.6 Å². The van der Waals surface area contributed by atoms with Gasteiger partial charge < -0.3 is 14.2 Å². The van der Waals surface area contributed by atoms with Crippen molar-refractivity contribution in [1.82, 2.24) is 9.78 Å². The van der Waals surface area contributed by atoms with Gasteiger partial charge in [0, 0.05) is 11.1 Å². The Bertz CT molecular complexity index is 899. The molecule has 0 aliphatic carbocycles. The molecule has 0 amide bonds. The van der Waals surface area contributed by atoms with Crippen LogP contribution in [0.1, 0.15) is 6.92 Å². The molecule has 0 aliphatic heterocycles. The lowest BCUT2D eigenvalue weighted by Gasteiger charge is -2.08. The molecule has 0 bridgehead atoms. The molecular weight excluding hydrogens is 344 g/mol. The van der Waals surface area contributed by atoms with Crippen LogP contribution in [-0.4, -0.2) is 36.6 Å². The molecule has 1 heterocycles. The summed E-state index contributed by atoms with van der Waals surface area (Å²) in [6.07, 6.45) is 0.